The fraction of sp³-hybridized carbons (Fsp3) is 0.571. The number of rotatable bonds is 6. The average molecular weight is 297 g/mol. The van der Waals surface area contributed by atoms with Crippen LogP contribution in [0.15, 0.2) is 24.3 Å². The lowest BCUT2D eigenvalue weighted by molar-refractivity contribution is -0.385. The fourth-order valence-corrected chi connectivity index (χ4v) is 2.50. The molecule has 0 amide bonds. The molecule has 0 saturated heterocycles. The SMILES string of the molecule is C[SiH](C)OC(CC(C)(C)C)Oc1cccc([N+](=O)[O-])c1. The number of ether oxygens (including phenoxy) is 1. The zero-order chi connectivity index (χ0) is 15.3. The number of hydrogen-bond acceptors (Lipinski definition) is 4. The summed E-state index contributed by atoms with van der Waals surface area (Å²) in [4.78, 5) is 10.3. The molecule has 0 N–H and O–H groups in total. The third kappa shape index (κ3) is 6.16. The highest BCUT2D eigenvalue weighted by molar-refractivity contribution is 6.48. The van der Waals surface area contributed by atoms with Crippen molar-refractivity contribution < 1.29 is 14.1 Å². The van der Waals surface area contributed by atoms with E-state index in [1.54, 1.807) is 12.1 Å². The number of benzene rings is 1. The Morgan fingerprint density at radius 1 is 1.35 bits per heavy atom. The molecule has 5 nitrogen and oxygen atoms in total. The molecular formula is C14H23NO4Si. The van der Waals surface area contributed by atoms with Gasteiger partial charge in [0, 0.05) is 12.5 Å². The van der Waals surface area contributed by atoms with Crippen LogP contribution in [-0.4, -0.2) is 20.3 Å². The molecule has 0 aliphatic carbocycles. The van der Waals surface area contributed by atoms with Gasteiger partial charge in [-0.15, -0.1) is 0 Å². The van der Waals surface area contributed by atoms with Crippen molar-refractivity contribution in [1.82, 2.24) is 0 Å². The second kappa shape index (κ2) is 6.85. The Balaban J connectivity index is 2.83. The molecule has 0 aromatic heterocycles. The fourth-order valence-electron chi connectivity index (χ4n) is 1.74. The van der Waals surface area contributed by atoms with Crippen molar-refractivity contribution in [3.8, 4) is 5.75 Å². The summed E-state index contributed by atoms with van der Waals surface area (Å²) in [5, 5.41) is 10.8. The minimum atomic E-state index is -1.25. The maximum absolute atomic E-state index is 10.8. The Morgan fingerprint density at radius 3 is 2.50 bits per heavy atom. The van der Waals surface area contributed by atoms with Gasteiger partial charge in [0.25, 0.3) is 5.69 Å². The molecule has 1 aromatic rings. The first kappa shape index (κ1) is 16.7. The van der Waals surface area contributed by atoms with E-state index >= 15 is 0 Å². The lowest BCUT2D eigenvalue weighted by Gasteiger charge is -2.28. The van der Waals surface area contributed by atoms with Crippen LogP contribution >= 0.6 is 0 Å². The van der Waals surface area contributed by atoms with E-state index < -0.39 is 14.0 Å². The Kier molecular flexibility index (Phi) is 5.70. The zero-order valence-corrected chi connectivity index (χ0v) is 13.9. The molecule has 0 aliphatic rings. The van der Waals surface area contributed by atoms with Crippen molar-refractivity contribution in [2.24, 2.45) is 5.41 Å². The van der Waals surface area contributed by atoms with E-state index in [0.717, 1.165) is 6.42 Å². The van der Waals surface area contributed by atoms with Crippen LogP contribution in [0, 0.1) is 15.5 Å². The van der Waals surface area contributed by atoms with E-state index in [0.29, 0.717) is 5.75 Å². The van der Waals surface area contributed by atoms with Crippen molar-refractivity contribution in [3.05, 3.63) is 34.4 Å². The van der Waals surface area contributed by atoms with Crippen LogP contribution in [0.4, 0.5) is 5.69 Å². The van der Waals surface area contributed by atoms with E-state index in [4.69, 9.17) is 9.16 Å². The molecule has 0 fully saturated rings. The van der Waals surface area contributed by atoms with Gasteiger partial charge >= 0.3 is 0 Å². The van der Waals surface area contributed by atoms with E-state index in [9.17, 15) is 10.1 Å². The minimum absolute atomic E-state index is 0.0267. The third-order valence-electron chi connectivity index (χ3n) is 2.50. The number of nitrogens with zero attached hydrogens (tertiary/aromatic N) is 1. The second-order valence-corrected chi connectivity index (χ2v) is 8.62. The number of non-ortho nitro benzene ring substituents is 1. The molecule has 1 atom stereocenters. The van der Waals surface area contributed by atoms with Crippen LogP contribution in [0.25, 0.3) is 0 Å². The molecule has 20 heavy (non-hydrogen) atoms. The molecule has 112 valence electrons. The Bertz CT molecular complexity index is 457. The lowest BCUT2D eigenvalue weighted by Crippen LogP contribution is -2.30. The first-order valence-electron chi connectivity index (χ1n) is 6.74. The molecule has 0 heterocycles. The normalized spacial score (nSPS) is 13.3. The first-order chi connectivity index (χ1) is 9.17. The van der Waals surface area contributed by atoms with Gasteiger partial charge in [-0.3, -0.25) is 10.1 Å². The maximum atomic E-state index is 10.8. The summed E-state index contributed by atoms with van der Waals surface area (Å²) in [5.41, 5.74) is 0.0908. The van der Waals surface area contributed by atoms with Crippen LogP contribution < -0.4 is 4.74 Å². The predicted octanol–water partition coefficient (Wildman–Crippen LogP) is 3.74. The molecule has 0 bridgehead atoms. The standard InChI is InChI=1S/C14H23NO4Si/c1-14(2,3)10-13(19-20(4)5)18-12-8-6-7-11(9-12)15(16)17/h6-9,13,20H,10H2,1-5H3. The molecule has 0 spiro atoms. The quantitative estimate of drug-likeness (QED) is 0.347. The highest BCUT2D eigenvalue weighted by Gasteiger charge is 2.22. The summed E-state index contributed by atoms with van der Waals surface area (Å²) < 4.78 is 11.7. The Morgan fingerprint density at radius 2 is 2.00 bits per heavy atom. The van der Waals surface area contributed by atoms with Gasteiger partial charge in [-0.25, -0.2) is 0 Å². The highest BCUT2D eigenvalue weighted by Crippen LogP contribution is 2.26. The smallest absolute Gasteiger partial charge is 0.273 e. The van der Waals surface area contributed by atoms with Gasteiger partial charge in [0.2, 0.25) is 0 Å². The number of hydrogen-bond donors (Lipinski definition) is 0. The van der Waals surface area contributed by atoms with Crippen LogP contribution in [0.2, 0.25) is 13.1 Å². The first-order valence-corrected chi connectivity index (χ1v) is 9.52. The highest BCUT2D eigenvalue weighted by atomic mass is 28.3. The summed E-state index contributed by atoms with van der Waals surface area (Å²) in [6.07, 6.45) is 0.379. The summed E-state index contributed by atoms with van der Waals surface area (Å²) in [6, 6.07) is 6.22. The van der Waals surface area contributed by atoms with Crippen molar-refractivity contribution in [2.45, 2.75) is 46.6 Å². The Labute approximate surface area is 121 Å². The minimum Gasteiger partial charge on any atom is -0.466 e. The van der Waals surface area contributed by atoms with Gasteiger partial charge in [0.05, 0.1) is 11.0 Å². The lowest BCUT2D eigenvalue weighted by atomic mass is 9.92. The summed E-state index contributed by atoms with van der Waals surface area (Å²) in [5.74, 6) is 0.475. The molecule has 1 unspecified atom stereocenters. The van der Waals surface area contributed by atoms with E-state index in [1.807, 2.05) is 0 Å². The van der Waals surface area contributed by atoms with Crippen molar-refractivity contribution >= 4 is 14.7 Å². The monoisotopic (exact) mass is 297 g/mol. The van der Waals surface area contributed by atoms with Gasteiger partial charge < -0.3 is 9.16 Å². The van der Waals surface area contributed by atoms with Crippen molar-refractivity contribution in [2.75, 3.05) is 0 Å². The van der Waals surface area contributed by atoms with Crippen LogP contribution in [0.5, 0.6) is 5.75 Å². The molecule has 0 saturated carbocycles. The summed E-state index contributed by atoms with van der Waals surface area (Å²) in [6.45, 7) is 10.5. The van der Waals surface area contributed by atoms with Crippen molar-refractivity contribution in [1.29, 1.82) is 0 Å². The number of nitro groups is 1. The van der Waals surface area contributed by atoms with Crippen LogP contribution in [0.1, 0.15) is 27.2 Å². The van der Waals surface area contributed by atoms with Gasteiger partial charge in [-0.05, 0) is 24.6 Å². The van der Waals surface area contributed by atoms with E-state index in [1.165, 1.54) is 12.1 Å². The van der Waals surface area contributed by atoms with Gasteiger partial charge in [0.15, 0.2) is 15.3 Å². The molecule has 1 aromatic carbocycles. The Hall–Kier alpha value is -1.40. The molecule has 0 aliphatic heterocycles. The number of nitro benzene ring substituents is 1. The maximum Gasteiger partial charge on any atom is 0.273 e. The van der Waals surface area contributed by atoms with Crippen LogP contribution in [-0.2, 0) is 4.43 Å². The molecule has 0 radical (unpaired) electrons. The summed E-state index contributed by atoms with van der Waals surface area (Å²) in [7, 11) is -1.25. The van der Waals surface area contributed by atoms with Crippen molar-refractivity contribution in [3.63, 3.8) is 0 Å². The largest absolute Gasteiger partial charge is 0.466 e. The van der Waals surface area contributed by atoms with E-state index in [2.05, 4.69) is 33.9 Å². The zero-order valence-electron chi connectivity index (χ0n) is 12.8. The van der Waals surface area contributed by atoms with Gasteiger partial charge in [-0.1, -0.05) is 26.8 Å². The molecular weight excluding hydrogens is 274 g/mol. The van der Waals surface area contributed by atoms with Gasteiger partial charge in [-0.2, -0.15) is 0 Å². The third-order valence-corrected chi connectivity index (χ3v) is 3.35. The van der Waals surface area contributed by atoms with Crippen LogP contribution in [0.3, 0.4) is 0 Å². The predicted molar refractivity (Wildman–Crippen MR) is 81.5 cm³/mol. The molecule has 6 heteroatoms. The van der Waals surface area contributed by atoms with E-state index in [-0.39, 0.29) is 17.4 Å². The second-order valence-electron chi connectivity index (χ2n) is 6.25. The molecule has 1 rings (SSSR count). The average Bonchev–Trinajstić information content (AvgIpc) is 2.25. The topological polar surface area (TPSA) is 61.6 Å². The van der Waals surface area contributed by atoms with Gasteiger partial charge in [0.1, 0.15) is 5.75 Å². The summed E-state index contributed by atoms with van der Waals surface area (Å²) >= 11 is 0.